The van der Waals surface area contributed by atoms with E-state index in [1.807, 2.05) is 0 Å². The molecule has 20 heavy (non-hydrogen) atoms. The van der Waals surface area contributed by atoms with Gasteiger partial charge >= 0.3 is 12.0 Å². The Bertz CT molecular complexity index is 389. The van der Waals surface area contributed by atoms with Gasteiger partial charge in [0.2, 0.25) is 0 Å². The van der Waals surface area contributed by atoms with Crippen molar-refractivity contribution in [2.24, 2.45) is 5.41 Å². The standard InChI is InChI=1S/C14H24N2O4/c1-13(2)4-3-7-16(8-5-13)12(19)15-14(11(17)18)6-9-20-10-14/h3-10H2,1-2H3,(H,15,19)(H,17,18). The second-order valence-corrected chi connectivity index (χ2v) is 6.62. The van der Waals surface area contributed by atoms with Gasteiger partial charge in [-0.25, -0.2) is 9.59 Å². The zero-order chi connectivity index (χ0) is 14.8. The van der Waals surface area contributed by atoms with Crippen LogP contribution >= 0.6 is 0 Å². The first kappa shape index (κ1) is 15.1. The van der Waals surface area contributed by atoms with Crippen LogP contribution in [0.15, 0.2) is 0 Å². The van der Waals surface area contributed by atoms with Gasteiger partial charge in [-0.3, -0.25) is 0 Å². The molecule has 2 N–H and O–H groups in total. The number of aliphatic carboxylic acids is 1. The quantitative estimate of drug-likeness (QED) is 0.804. The van der Waals surface area contributed by atoms with Crippen molar-refractivity contribution in [1.29, 1.82) is 0 Å². The Balaban J connectivity index is 1.99. The summed E-state index contributed by atoms with van der Waals surface area (Å²) in [5.74, 6) is -1.02. The number of hydrogen-bond acceptors (Lipinski definition) is 3. The molecule has 0 radical (unpaired) electrons. The Morgan fingerprint density at radius 2 is 1.95 bits per heavy atom. The number of nitrogens with zero attached hydrogens (tertiary/aromatic N) is 1. The molecule has 0 aliphatic carbocycles. The predicted octanol–water partition coefficient (Wildman–Crippen LogP) is 1.45. The lowest BCUT2D eigenvalue weighted by Gasteiger charge is -2.29. The van der Waals surface area contributed by atoms with Gasteiger partial charge in [0.25, 0.3) is 0 Å². The molecule has 0 bridgehead atoms. The third kappa shape index (κ3) is 3.23. The number of carbonyl (C=O) groups excluding carboxylic acids is 1. The Labute approximate surface area is 119 Å². The van der Waals surface area contributed by atoms with E-state index in [0.717, 1.165) is 19.3 Å². The van der Waals surface area contributed by atoms with Gasteiger partial charge in [0, 0.05) is 26.1 Å². The minimum Gasteiger partial charge on any atom is -0.479 e. The molecular weight excluding hydrogens is 260 g/mol. The first-order chi connectivity index (χ1) is 9.35. The predicted molar refractivity (Wildman–Crippen MR) is 73.5 cm³/mol. The van der Waals surface area contributed by atoms with Gasteiger partial charge in [-0.05, 0) is 24.7 Å². The molecule has 2 fully saturated rings. The van der Waals surface area contributed by atoms with E-state index in [9.17, 15) is 14.7 Å². The molecule has 2 aliphatic rings. The monoisotopic (exact) mass is 284 g/mol. The molecule has 0 aromatic carbocycles. The summed E-state index contributed by atoms with van der Waals surface area (Å²) in [6.07, 6.45) is 3.31. The highest BCUT2D eigenvalue weighted by atomic mass is 16.5. The molecule has 2 aliphatic heterocycles. The fraction of sp³-hybridized carbons (Fsp3) is 0.857. The molecule has 0 spiro atoms. The highest BCUT2D eigenvalue weighted by Crippen LogP contribution is 2.30. The summed E-state index contributed by atoms with van der Waals surface area (Å²) >= 11 is 0. The maximum absolute atomic E-state index is 12.3. The van der Waals surface area contributed by atoms with Crippen LogP contribution in [0.1, 0.15) is 39.5 Å². The van der Waals surface area contributed by atoms with E-state index in [4.69, 9.17) is 4.74 Å². The zero-order valence-electron chi connectivity index (χ0n) is 12.3. The van der Waals surface area contributed by atoms with Crippen molar-refractivity contribution in [3.63, 3.8) is 0 Å². The second kappa shape index (κ2) is 5.60. The fourth-order valence-electron chi connectivity index (χ4n) is 2.80. The van der Waals surface area contributed by atoms with Crippen LogP contribution in [0.2, 0.25) is 0 Å². The van der Waals surface area contributed by atoms with Crippen molar-refractivity contribution < 1.29 is 19.4 Å². The lowest BCUT2D eigenvalue weighted by molar-refractivity contribution is -0.144. The number of carboxylic acid groups (broad SMARTS) is 1. The molecule has 2 saturated heterocycles. The molecule has 6 nitrogen and oxygen atoms in total. The average molecular weight is 284 g/mol. The molecule has 6 heteroatoms. The molecule has 0 aromatic rings. The molecule has 2 heterocycles. The molecular formula is C14H24N2O4. The SMILES string of the molecule is CC1(C)CCCN(C(=O)NC2(C(=O)O)CCOC2)CC1. The average Bonchev–Trinajstić information content (AvgIpc) is 2.75. The van der Waals surface area contributed by atoms with Gasteiger partial charge in [-0.1, -0.05) is 13.8 Å². The van der Waals surface area contributed by atoms with E-state index in [1.165, 1.54) is 0 Å². The number of rotatable bonds is 2. The molecule has 1 atom stereocenters. The number of carbonyl (C=O) groups is 2. The van der Waals surface area contributed by atoms with Crippen molar-refractivity contribution in [3.8, 4) is 0 Å². The smallest absolute Gasteiger partial charge is 0.332 e. The minimum absolute atomic E-state index is 0.0490. The van der Waals surface area contributed by atoms with Crippen LogP contribution in [0.5, 0.6) is 0 Å². The van der Waals surface area contributed by atoms with Crippen LogP contribution in [0.4, 0.5) is 4.79 Å². The van der Waals surface area contributed by atoms with Gasteiger partial charge in [-0.2, -0.15) is 0 Å². The van der Waals surface area contributed by atoms with E-state index < -0.39 is 11.5 Å². The summed E-state index contributed by atoms with van der Waals surface area (Å²) in [4.78, 5) is 25.5. The summed E-state index contributed by atoms with van der Waals surface area (Å²) < 4.78 is 5.15. The van der Waals surface area contributed by atoms with Crippen LogP contribution in [0.3, 0.4) is 0 Å². The largest absolute Gasteiger partial charge is 0.479 e. The number of nitrogens with one attached hydrogen (secondary N) is 1. The van der Waals surface area contributed by atoms with Gasteiger partial charge in [0.1, 0.15) is 0 Å². The lowest BCUT2D eigenvalue weighted by atomic mass is 9.85. The number of ether oxygens (including phenoxy) is 1. The van der Waals surface area contributed by atoms with E-state index in [1.54, 1.807) is 4.90 Å². The fourth-order valence-corrected chi connectivity index (χ4v) is 2.80. The highest BCUT2D eigenvalue weighted by molar-refractivity contribution is 5.86. The summed E-state index contributed by atoms with van der Waals surface area (Å²) in [6.45, 7) is 6.20. The Morgan fingerprint density at radius 1 is 1.20 bits per heavy atom. The number of likely N-dealkylation sites (tertiary alicyclic amines) is 1. The van der Waals surface area contributed by atoms with Crippen molar-refractivity contribution >= 4 is 12.0 Å². The minimum atomic E-state index is -1.25. The Hall–Kier alpha value is -1.30. The molecule has 1 unspecified atom stereocenters. The second-order valence-electron chi connectivity index (χ2n) is 6.62. The number of carboxylic acids is 1. The first-order valence-corrected chi connectivity index (χ1v) is 7.23. The van der Waals surface area contributed by atoms with Gasteiger partial charge in [0.15, 0.2) is 5.54 Å². The van der Waals surface area contributed by atoms with Crippen LogP contribution in [0.25, 0.3) is 0 Å². The van der Waals surface area contributed by atoms with Crippen molar-refractivity contribution in [2.75, 3.05) is 26.3 Å². The normalized spacial score (nSPS) is 29.8. The number of urea groups is 1. The Kier molecular flexibility index (Phi) is 4.22. The first-order valence-electron chi connectivity index (χ1n) is 7.23. The summed E-state index contributed by atoms with van der Waals surface area (Å²) in [6, 6.07) is -0.282. The number of amides is 2. The van der Waals surface area contributed by atoms with Crippen molar-refractivity contribution in [1.82, 2.24) is 10.2 Å². The summed E-state index contributed by atoms with van der Waals surface area (Å²) in [5.41, 5.74) is -1.01. The Morgan fingerprint density at radius 3 is 2.55 bits per heavy atom. The van der Waals surface area contributed by atoms with Gasteiger partial charge in [-0.15, -0.1) is 0 Å². The maximum atomic E-state index is 12.3. The molecule has 114 valence electrons. The highest BCUT2D eigenvalue weighted by Gasteiger charge is 2.44. The topological polar surface area (TPSA) is 78.9 Å². The van der Waals surface area contributed by atoms with Gasteiger partial charge < -0.3 is 20.1 Å². The summed E-state index contributed by atoms with van der Waals surface area (Å²) in [5, 5.41) is 12.0. The van der Waals surface area contributed by atoms with E-state index in [-0.39, 0.29) is 18.1 Å². The molecule has 2 amide bonds. The van der Waals surface area contributed by atoms with E-state index >= 15 is 0 Å². The number of hydrogen-bond donors (Lipinski definition) is 2. The third-order valence-electron chi connectivity index (χ3n) is 4.40. The van der Waals surface area contributed by atoms with E-state index in [0.29, 0.717) is 26.1 Å². The van der Waals surface area contributed by atoms with Crippen molar-refractivity contribution in [3.05, 3.63) is 0 Å². The van der Waals surface area contributed by atoms with Gasteiger partial charge in [0.05, 0.1) is 6.61 Å². The molecule has 2 rings (SSSR count). The molecule has 0 saturated carbocycles. The van der Waals surface area contributed by atoms with Crippen LogP contribution in [-0.4, -0.2) is 53.8 Å². The van der Waals surface area contributed by atoms with Crippen LogP contribution in [-0.2, 0) is 9.53 Å². The zero-order valence-corrected chi connectivity index (χ0v) is 12.3. The van der Waals surface area contributed by atoms with Crippen molar-refractivity contribution in [2.45, 2.75) is 45.1 Å². The molecule has 0 aromatic heterocycles. The van der Waals surface area contributed by atoms with Crippen LogP contribution in [0, 0.1) is 5.41 Å². The third-order valence-corrected chi connectivity index (χ3v) is 4.40. The van der Waals surface area contributed by atoms with E-state index in [2.05, 4.69) is 19.2 Å². The maximum Gasteiger partial charge on any atom is 0.332 e. The van der Waals surface area contributed by atoms with Crippen LogP contribution < -0.4 is 5.32 Å². The summed E-state index contributed by atoms with van der Waals surface area (Å²) in [7, 11) is 0. The lowest BCUT2D eigenvalue weighted by Crippen LogP contribution is -2.58.